The minimum absolute atomic E-state index is 0.0346. The maximum atomic E-state index is 14.6. The molecular weight excluding hydrogens is 614 g/mol. The highest BCUT2D eigenvalue weighted by molar-refractivity contribution is 7.92. The van der Waals surface area contributed by atoms with E-state index in [1.165, 1.54) is 17.0 Å². The molecule has 9 nitrogen and oxygen atoms in total. The van der Waals surface area contributed by atoms with Crippen LogP contribution in [0.25, 0.3) is 0 Å². The summed E-state index contributed by atoms with van der Waals surface area (Å²) in [6.07, 6.45) is 0.215. The van der Waals surface area contributed by atoms with Crippen LogP contribution in [0.1, 0.15) is 38.8 Å². The van der Waals surface area contributed by atoms with E-state index in [0.717, 1.165) is 15.4 Å². The number of hydrogen-bond donors (Lipinski definition) is 1. The molecule has 0 saturated heterocycles. The molecule has 0 aromatic heterocycles. The molecule has 0 spiro atoms. The summed E-state index contributed by atoms with van der Waals surface area (Å²) in [6.45, 7) is 7.41. The van der Waals surface area contributed by atoms with E-state index in [4.69, 9.17) is 9.47 Å². The molecular formula is C37H43N3O6S. The fourth-order valence-electron chi connectivity index (χ4n) is 5.10. The Morgan fingerprint density at radius 1 is 0.809 bits per heavy atom. The highest BCUT2D eigenvalue weighted by Gasteiger charge is 2.35. The number of benzene rings is 4. The first-order chi connectivity index (χ1) is 22.4. The highest BCUT2D eigenvalue weighted by atomic mass is 32.2. The molecule has 1 N–H and O–H groups in total. The standard InChI is InChI=1S/C37H43N3O6S/c1-6-46-31-22-20-30(21-23-31)40(47(43,44)33-18-11-8-12-19-33)27-35(41)39(26-29-16-13-17-32(24-29)45-5)34(36(42)38-37(2,3)4)25-28-14-9-7-10-15-28/h7-24,34H,6,25-27H2,1-5H3,(H,38,42). The normalized spacial score (nSPS) is 12.1. The molecule has 0 radical (unpaired) electrons. The molecule has 0 bridgehead atoms. The van der Waals surface area contributed by atoms with Crippen LogP contribution in [0.3, 0.4) is 0 Å². The topological polar surface area (TPSA) is 105 Å². The van der Waals surface area contributed by atoms with E-state index in [-0.39, 0.29) is 29.5 Å². The summed E-state index contributed by atoms with van der Waals surface area (Å²) in [5, 5.41) is 3.04. The maximum Gasteiger partial charge on any atom is 0.264 e. The van der Waals surface area contributed by atoms with Gasteiger partial charge < -0.3 is 19.7 Å². The number of methoxy groups -OCH3 is 1. The predicted octanol–water partition coefficient (Wildman–Crippen LogP) is 5.84. The zero-order valence-corrected chi connectivity index (χ0v) is 28.4. The molecule has 0 aliphatic carbocycles. The summed E-state index contributed by atoms with van der Waals surface area (Å²) in [6, 6.07) is 30.2. The second-order valence-electron chi connectivity index (χ2n) is 12.1. The molecule has 0 heterocycles. The van der Waals surface area contributed by atoms with Crippen molar-refractivity contribution in [1.29, 1.82) is 0 Å². The Hall–Kier alpha value is -4.83. The predicted molar refractivity (Wildman–Crippen MR) is 184 cm³/mol. The first-order valence-electron chi connectivity index (χ1n) is 15.5. The number of sulfonamides is 1. The van der Waals surface area contributed by atoms with Crippen LogP contribution >= 0.6 is 0 Å². The van der Waals surface area contributed by atoms with Crippen molar-refractivity contribution in [3.8, 4) is 11.5 Å². The van der Waals surface area contributed by atoms with Gasteiger partial charge in [0.1, 0.15) is 24.1 Å². The van der Waals surface area contributed by atoms with Crippen molar-refractivity contribution in [2.45, 2.75) is 57.1 Å². The third-order valence-electron chi connectivity index (χ3n) is 7.30. The lowest BCUT2D eigenvalue weighted by Crippen LogP contribution is -2.56. The number of anilines is 1. The Kier molecular flexibility index (Phi) is 11.7. The number of carbonyl (C=O) groups excluding carboxylic acids is 2. The number of ether oxygens (including phenoxy) is 2. The smallest absolute Gasteiger partial charge is 0.264 e. The average molecular weight is 658 g/mol. The van der Waals surface area contributed by atoms with Gasteiger partial charge in [0.05, 0.1) is 24.3 Å². The lowest BCUT2D eigenvalue weighted by Gasteiger charge is -2.35. The van der Waals surface area contributed by atoms with Gasteiger partial charge in [0, 0.05) is 18.5 Å². The van der Waals surface area contributed by atoms with Crippen molar-refractivity contribution in [1.82, 2.24) is 10.2 Å². The fourth-order valence-corrected chi connectivity index (χ4v) is 6.53. The molecule has 4 aromatic rings. The SMILES string of the molecule is CCOc1ccc(N(CC(=O)N(Cc2cccc(OC)c2)C(Cc2ccccc2)C(=O)NC(C)(C)C)S(=O)(=O)c2ccccc2)cc1. The minimum Gasteiger partial charge on any atom is -0.497 e. The van der Waals surface area contributed by atoms with Crippen LogP contribution in [0.5, 0.6) is 11.5 Å². The van der Waals surface area contributed by atoms with Crippen LogP contribution in [0.2, 0.25) is 0 Å². The van der Waals surface area contributed by atoms with Gasteiger partial charge in [-0.3, -0.25) is 13.9 Å². The molecule has 248 valence electrons. The summed E-state index contributed by atoms with van der Waals surface area (Å²) in [5.74, 6) is 0.264. The summed E-state index contributed by atoms with van der Waals surface area (Å²) >= 11 is 0. The van der Waals surface area contributed by atoms with Gasteiger partial charge in [-0.15, -0.1) is 0 Å². The van der Waals surface area contributed by atoms with E-state index in [9.17, 15) is 18.0 Å². The van der Waals surface area contributed by atoms with Gasteiger partial charge in [0.2, 0.25) is 11.8 Å². The van der Waals surface area contributed by atoms with Crippen LogP contribution in [0, 0.1) is 0 Å². The van der Waals surface area contributed by atoms with Crippen LogP contribution in [-0.4, -0.2) is 57.0 Å². The number of rotatable bonds is 14. The molecule has 2 amide bonds. The monoisotopic (exact) mass is 657 g/mol. The molecule has 0 saturated carbocycles. The number of nitrogens with zero attached hydrogens (tertiary/aromatic N) is 2. The highest BCUT2D eigenvalue weighted by Crippen LogP contribution is 2.27. The van der Waals surface area contributed by atoms with Gasteiger partial charge in [-0.25, -0.2) is 8.42 Å². The average Bonchev–Trinajstić information content (AvgIpc) is 3.06. The second-order valence-corrected chi connectivity index (χ2v) is 13.9. The second kappa shape index (κ2) is 15.6. The number of amides is 2. The van der Waals surface area contributed by atoms with Crippen molar-refractivity contribution in [3.63, 3.8) is 0 Å². The first kappa shape index (κ1) is 35.0. The Balaban J connectivity index is 1.82. The number of hydrogen-bond acceptors (Lipinski definition) is 6. The third-order valence-corrected chi connectivity index (χ3v) is 9.09. The van der Waals surface area contributed by atoms with Gasteiger partial charge in [0.25, 0.3) is 10.0 Å². The third kappa shape index (κ3) is 9.59. The van der Waals surface area contributed by atoms with Gasteiger partial charge >= 0.3 is 0 Å². The van der Waals surface area contributed by atoms with Crippen LogP contribution in [0.15, 0.2) is 114 Å². The van der Waals surface area contributed by atoms with E-state index >= 15 is 0 Å². The van der Waals surface area contributed by atoms with E-state index in [1.54, 1.807) is 61.7 Å². The van der Waals surface area contributed by atoms with E-state index in [2.05, 4.69) is 5.32 Å². The fraction of sp³-hybridized carbons (Fsp3) is 0.297. The number of nitrogens with one attached hydrogen (secondary N) is 1. The molecule has 4 aromatic carbocycles. The van der Waals surface area contributed by atoms with Crippen molar-refractivity contribution in [3.05, 3.63) is 120 Å². The van der Waals surface area contributed by atoms with Gasteiger partial charge in [-0.2, -0.15) is 0 Å². The Labute approximate surface area is 278 Å². The Morgan fingerprint density at radius 3 is 2.02 bits per heavy atom. The van der Waals surface area contributed by atoms with Crippen molar-refractivity contribution < 1.29 is 27.5 Å². The summed E-state index contributed by atoms with van der Waals surface area (Å²) in [5.41, 5.74) is 1.27. The lowest BCUT2D eigenvalue weighted by atomic mass is 10.0. The Bertz CT molecular complexity index is 1720. The molecule has 0 fully saturated rings. The molecule has 10 heteroatoms. The first-order valence-corrected chi connectivity index (χ1v) is 16.9. The molecule has 4 rings (SSSR count). The van der Waals surface area contributed by atoms with Crippen LogP contribution in [0.4, 0.5) is 5.69 Å². The van der Waals surface area contributed by atoms with E-state index in [0.29, 0.717) is 18.1 Å². The number of carbonyl (C=O) groups is 2. The van der Waals surface area contributed by atoms with Crippen molar-refractivity contribution in [2.75, 3.05) is 24.6 Å². The lowest BCUT2D eigenvalue weighted by molar-refractivity contribution is -0.140. The van der Waals surface area contributed by atoms with E-state index < -0.39 is 34.1 Å². The summed E-state index contributed by atoms with van der Waals surface area (Å²) in [7, 11) is -2.64. The molecule has 0 aliphatic heterocycles. The summed E-state index contributed by atoms with van der Waals surface area (Å²) in [4.78, 5) is 30.1. The van der Waals surface area contributed by atoms with Gasteiger partial charge in [-0.05, 0) is 87.4 Å². The zero-order valence-electron chi connectivity index (χ0n) is 27.6. The van der Waals surface area contributed by atoms with Gasteiger partial charge in [0.15, 0.2) is 0 Å². The largest absolute Gasteiger partial charge is 0.497 e. The molecule has 1 unspecified atom stereocenters. The zero-order chi connectivity index (χ0) is 34.0. The van der Waals surface area contributed by atoms with Gasteiger partial charge in [-0.1, -0.05) is 60.7 Å². The van der Waals surface area contributed by atoms with Crippen LogP contribution < -0.4 is 19.1 Å². The van der Waals surface area contributed by atoms with Crippen LogP contribution in [-0.2, 0) is 32.6 Å². The van der Waals surface area contributed by atoms with Crippen molar-refractivity contribution >= 4 is 27.5 Å². The maximum absolute atomic E-state index is 14.6. The Morgan fingerprint density at radius 2 is 1.43 bits per heavy atom. The quantitative estimate of drug-likeness (QED) is 0.183. The molecule has 47 heavy (non-hydrogen) atoms. The minimum atomic E-state index is -4.20. The summed E-state index contributed by atoms with van der Waals surface area (Å²) < 4.78 is 40.4. The molecule has 0 aliphatic rings. The van der Waals surface area contributed by atoms with E-state index in [1.807, 2.05) is 70.2 Å². The van der Waals surface area contributed by atoms with Crippen molar-refractivity contribution in [2.24, 2.45) is 0 Å². The molecule has 1 atom stereocenters.